The molecule has 1 atom stereocenters. The highest BCUT2D eigenvalue weighted by molar-refractivity contribution is 5.77. The van der Waals surface area contributed by atoms with Crippen LogP contribution in [0.4, 0.5) is 0 Å². The number of ether oxygens (including phenoxy) is 1. The van der Waals surface area contributed by atoms with Crippen molar-refractivity contribution in [1.29, 1.82) is 0 Å². The van der Waals surface area contributed by atoms with Gasteiger partial charge < -0.3 is 9.84 Å². The molecule has 0 saturated heterocycles. The maximum atomic E-state index is 11.6. The minimum Gasteiger partial charge on any atom is -0.479 e. The Hall–Kier alpha value is -1.06. The predicted octanol–water partition coefficient (Wildman–Crippen LogP) is 6.65. The first-order valence-corrected chi connectivity index (χ1v) is 11.0. The summed E-state index contributed by atoms with van der Waals surface area (Å²) in [6.07, 6.45) is 19.0. The summed E-state index contributed by atoms with van der Waals surface area (Å²) in [4.78, 5) is 22.4. The summed E-state index contributed by atoms with van der Waals surface area (Å²) < 4.78 is 4.94. The van der Waals surface area contributed by atoms with Crippen LogP contribution in [0.2, 0.25) is 0 Å². The van der Waals surface area contributed by atoms with Crippen molar-refractivity contribution in [3.05, 3.63) is 0 Å². The third-order valence-electron chi connectivity index (χ3n) is 4.90. The van der Waals surface area contributed by atoms with Gasteiger partial charge in [-0.1, -0.05) is 104 Å². The SMILES string of the molecule is CCCCCCCCCCCCCCCCCC(=O)OC(CC)C(=O)O. The molecule has 0 fully saturated rings. The number of rotatable bonds is 19. The fourth-order valence-corrected chi connectivity index (χ4v) is 3.17. The van der Waals surface area contributed by atoms with Crippen LogP contribution >= 0.6 is 0 Å². The summed E-state index contributed by atoms with van der Waals surface area (Å²) in [5, 5.41) is 8.85. The second-order valence-corrected chi connectivity index (χ2v) is 7.42. The zero-order valence-electron chi connectivity index (χ0n) is 17.3. The van der Waals surface area contributed by atoms with Crippen molar-refractivity contribution in [3.63, 3.8) is 0 Å². The molecular formula is C22H42O4. The highest BCUT2D eigenvalue weighted by Crippen LogP contribution is 2.14. The molecule has 0 spiro atoms. The summed E-state index contributed by atoms with van der Waals surface area (Å²) in [5.41, 5.74) is 0. The number of unbranched alkanes of at least 4 members (excludes halogenated alkanes) is 14. The molecule has 0 aliphatic heterocycles. The molecule has 4 nitrogen and oxygen atoms in total. The van der Waals surface area contributed by atoms with Gasteiger partial charge >= 0.3 is 11.9 Å². The third-order valence-corrected chi connectivity index (χ3v) is 4.90. The quantitative estimate of drug-likeness (QED) is 0.204. The molecule has 0 rings (SSSR count). The third kappa shape index (κ3) is 16.4. The molecule has 4 heteroatoms. The van der Waals surface area contributed by atoms with Gasteiger partial charge in [-0.05, 0) is 12.8 Å². The average Bonchev–Trinajstić information content (AvgIpc) is 2.62. The topological polar surface area (TPSA) is 63.6 Å². The number of hydrogen-bond donors (Lipinski definition) is 1. The van der Waals surface area contributed by atoms with Gasteiger partial charge in [0.05, 0.1) is 0 Å². The number of carbonyl (C=O) groups is 2. The smallest absolute Gasteiger partial charge is 0.345 e. The van der Waals surface area contributed by atoms with Crippen LogP contribution in [0.5, 0.6) is 0 Å². The Morgan fingerprint density at radius 2 is 1.08 bits per heavy atom. The molecule has 0 aromatic heterocycles. The Kier molecular flexibility index (Phi) is 18.0. The molecular weight excluding hydrogens is 328 g/mol. The first kappa shape index (κ1) is 24.9. The number of carboxylic acids is 1. The van der Waals surface area contributed by atoms with Crippen molar-refractivity contribution >= 4 is 11.9 Å². The molecule has 154 valence electrons. The van der Waals surface area contributed by atoms with Crippen LogP contribution in [0.25, 0.3) is 0 Å². The summed E-state index contributed by atoms with van der Waals surface area (Å²) in [6.45, 7) is 3.97. The van der Waals surface area contributed by atoms with Crippen LogP contribution in [0, 0.1) is 0 Å². The zero-order valence-corrected chi connectivity index (χ0v) is 17.3. The summed E-state index contributed by atoms with van der Waals surface area (Å²) in [7, 11) is 0. The second kappa shape index (κ2) is 18.7. The lowest BCUT2D eigenvalue weighted by Gasteiger charge is -2.11. The molecule has 0 aliphatic carbocycles. The van der Waals surface area contributed by atoms with Gasteiger partial charge in [-0.15, -0.1) is 0 Å². The molecule has 0 heterocycles. The van der Waals surface area contributed by atoms with Crippen molar-refractivity contribution < 1.29 is 19.4 Å². The fraction of sp³-hybridized carbons (Fsp3) is 0.909. The largest absolute Gasteiger partial charge is 0.479 e. The normalized spacial score (nSPS) is 12.1. The molecule has 1 N–H and O–H groups in total. The molecule has 26 heavy (non-hydrogen) atoms. The first-order chi connectivity index (χ1) is 12.6. The molecule has 0 bridgehead atoms. The Balaban J connectivity index is 3.26. The molecule has 0 aromatic rings. The van der Waals surface area contributed by atoms with Crippen LogP contribution < -0.4 is 0 Å². The Labute approximate surface area is 161 Å². The molecule has 0 aliphatic rings. The van der Waals surface area contributed by atoms with Crippen molar-refractivity contribution in [3.8, 4) is 0 Å². The monoisotopic (exact) mass is 370 g/mol. The van der Waals surface area contributed by atoms with Crippen LogP contribution in [-0.2, 0) is 14.3 Å². The van der Waals surface area contributed by atoms with Crippen molar-refractivity contribution in [1.82, 2.24) is 0 Å². The van der Waals surface area contributed by atoms with Crippen molar-refractivity contribution in [2.24, 2.45) is 0 Å². The summed E-state index contributed by atoms with van der Waals surface area (Å²) >= 11 is 0. The van der Waals surface area contributed by atoms with Gasteiger partial charge in [-0.2, -0.15) is 0 Å². The van der Waals surface area contributed by atoms with Gasteiger partial charge in [0.1, 0.15) is 0 Å². The minimum atomic E-state index is -1.06. The molecule has 0 aromatic carbocycles. The lowest BCUT2D eigenvalue weighted by atomic mass is 10.0. The predicted molar refractivity (Wildman–Crippen MR) is 107 cm³/mol. The number of carboxylic acid groups (broad SMARTS) is 1. The van der Waals surface area contributed by atoms with E-state index >= 15 is 0 Å². The van der Waals surface area contributed by atoms with Gasteiger partial charge in [0.15, 0.2) is 6.10 Å². The molecule has 0 amide bonds. The van der Waals surface area contributed by atoms with E-state index in [4.69, 9.17) is 9.84 Å². The van der Waals surface area contributed by atoms with Gasteiger partial charge in [-0.3, -0.25) is 4.79 Å². The minimum absolute atomic E-state index is 0.319. The fourth-order valence-electron chi connectivity index (χ4n) is 3.17. The number of hydrogen-bond acceptors (Lipinski definition) is 3. The van der Waals surface area contributed by atoms with Crippen molar-refractivity contribution in [2.45, 2.75) is 129 Å². The maximum Gasteiger partial charge on any atom is 0.345 e. The summed E-state index contributed by atoms with van der Waals surface area (Å²) in [6, 6.07) is 0. The van der Waals surface area contributed by atoms with E-state index in [9.17, 15) is 9.59 Å². The van der Waals surface area contributed by atoms with E-state index in [1.54, 1.807) is 6.92 Å². The van der Waals surface area contributed by atoms with E-state index in [1.807, 2.05) is 0 Å². The number of aliphatic carboxylic acids is 1. The Morgan fingerprint density at radius 3 is 1.42 bits per heavy atom. The van der Waals surface area contributed by atoms with E-state index in [0.29, 0.717) is 12.8 Å². The van der Waals surface area contributed by atoms with Gasteiger partial charge in [0.2, 0.25) is 0 Å². The van der Waals surface area contributed by atoms with E-state index in [2.05, 4.69) is 6.92 Å². The highest BCUT2D eigenvalue weighted by atomic mass is 16.6. The Bertz CT molecular complexity index is 341. The number of carbonyl (C=O) groups excluding carboxylic acids is 1. The van der Waals surface area contributed by atoms with Crippen LogP contribution in [0.3, 0.4) is 0 Å². The molecule has 0 radical (unpaired) electrons. The average molecular weight is 371 g/mol. The standard InChI is InChI=1S/C22H42O4/c1-3-5-6-7-8-9-10-11-12-13-14-15-16-17-18-19-21(23)26-20(4-2)22(24)25/h20H,3-19H2,1-2H3,(H,24,25). The first-order valence-electron chi connectivity index (χ1n) is 11.0. The molecule has 1 unspecified atom stereocenters. The van der Waals surface area contributed by atoms with E-state index < -0.39 is 12.1 Å². The zero-order chi connectivity index (χ0) is 19.5. The van der Waals surface area contributed by atoms with Gasteiger partial charge in [-0.25, -0.2) is 4.79 Å². The van der Waals surface area contributed by atoms with E-state index in [-0.39, 0.29) is 5.97 Å². The lowest BCUT2D eigenvalue weighted by molar-refractivity contribution is -0.164. The molecule has 0 saturated carbocycles. The Morgan fingerprint density at radius 1 is 0.692 bits per heavy atom. The van der Waals surface area contributed by atoms with Gasteiger partial charge in [0.25, 0.3) is 0 Å². The van der Waals surface area contributed by atoms with Gasteiger partial charge in [0, 0.05) is 6.42 Å². The number of esters is 1. The van der Waals surface area contributed by atoms with Crippen LogP contribution in [0.15, 0.2) is 0 Å². The van der Waals surface area contributed by atoms with Crippen LogP contribution in [0.1, 0.15) is 123 Å². The second-order valence-electron chi connectivity index (χ2n) is 7.42. The summed E-state index contributed by atoms with van der Waals surface area (Å²) in [5.74, 6) is -1.44. The van der Waals surface area contributed by atoms with Crippen molar-refractivity contribution in [2.75, 3.05) is 0 Å². The van der Waals surface area contributed by atoms with Crippen LogP contribution in [-0.4, -0.2) is 23.1 Å². The lowest BCUT2D eigenvalue weighted by Crippen LogP contribution is -2.26. The van der Waals surface area contributed by atoms with E-state index in [1.165, 1.54) is 77.0 Å². The highest BCUT2D eigenvalue weighted by Gasteiger charge is 2.19. The maximum absolute atomic E-state index is 11.6. The van der Waals surface area contributed by atoms with E-state index in [0.717, 1.165) is 19.3 Å².